The van der Waals surface area contributed by atoms with Gasteiger partial charge in [-0.25, -0.2) is 4.79 Å². The van der Waals surface area contributed by atoms with Gasteiger partial charge in [0.1, 0.15) is 6.61 Å². The van der Waals surface area contributed by atoms with E-state index < -0.39 is 0 Å². The van der Waals surface area contributed by atoms with Crippen LogP contribution in [-0.2, 0) is 4.74 Å². The van der Waals surface area contributed by atoms with Gasteiger partial charge in [-0.05, 0) is 12.8 Å². The molecule has 1 amide bonds. The molecule has 1 fully saturated rings. The summed E-state index contributed by atoms with van der Waals surface area (Å²) in [5.74, 6) is 0. The summed E-state index contributed by atoms with van der Waals surface area (Å²) in [6.45, 7) is 2.66. The van der Waals surface area contributed by atoms with E-state index in [-0.39, 0.29) is 12.1 Å². The third-order valence-corrected chi connectivity index (χ3v) is 2.04. The number of cyclic esters (lactones) is 1. The number of ether oxygens (including phenoxy) is 1. The highest BCUT2D eigenvalue weighted by molar-refractivity contribution is 5.70. The smallest absolute Gasteiger partial charge is 0.407 e. The molecule has 0 spiro atoms. The summed E-state index contributed by atoms with van der Waals surface area (Å²) in [5, 5.41) is 2.70. The fourth-order valence-electron chi connectivity index (χ4n) is 1.28. The van der Waals surface area contributed by atoms with Gasteiger partial charge in [-0.1, -0.05) is 31.9 Å². The van der Waals surface area contributed by atoms with E-state index in [2.05, 4.69) is 18.3 Å². The normalized spacial score (nSPS) is 21.9. The second-order valence-electron chi connectivity index (χ2n) is 3.27. The van der Waals surface area contributed by atoms with Gasteiger partial charge in [0.25, 0.3) is 0 Å². The van der Waals surface area contributed by atoms with E-state index in [9.17, 15) is 4.79 Å². The summed E-state index contributed by atoms with van der Waals surface area (Å²) in [6.07, 6.45) is 8.68. The van der Waals surface area contributed by atoms with Crippen molar-refractivity contribution < 1.29 is 9.53 Å². The highest BCUT2D eigenvalue weighted by atomic mass is 16.6. The number of allylic oxidation sites excluding steroid dienone is 1. The highest BCUT2D eigenvalue weighted by Crippen LogP contribution is 2.03. The topological polar surface area (TPSA) is 38.3 Å². The number of nitrogens with one attached hydrogen (secondary N) is 1. The maximum Gasteiger partial charge on any atom is 0.407 e. The monoisotopic (exact) mass is 183 g/mol. The lowest BCUT2D eigenvalue weighted by Gasteiger charge is -1.98. The summed E-state index contributed by atoms with van der Waals surface area (Å²) in [7, 11) is 0. The lowest BCUT2D eigenvalue weighted by molar-refractivity contribution is 0.177. The zero-order valence-electron chi connectivity index (χ0n) is 8.08. The van der Waals surface area contributed by atoms with Crippen LogP contribution in [0.4, 0.5) is 4.79 Å². The molecular formula is C10H17NO2. The molecule has 0 aromatic rings. The molecule has 1 aliphatic heterocycles. The first kappa shape index (κ1) is 10.1. The van der Waals surface area contributed by atoms with Gasteiger partial charge in [0.15, 0.2) is 0 Å². The molecule has 0 aromatic carbocycles. The van der Waals surface area contributed by atoms with E-state index in [1.54, 1.807) is 0 Å². The summed E-state index contributed by atoms with van der Waals surface area (Å²) in [6, 6.07) is 0.0918. The Hall–Kier alpha value is -0.990. The van der Waals surface area contributed by atoms with Crippen molar-refractivity contribution in [3.05, 3.63) is 12.2 Å². The van der Waals surface area contributed by atoms with E-state index in [0.717, 1.165) is 6.42 Å². The minimum atomic E-state index is -0.303. The number of unbranched alkanes of at least 4 members (excludes halogenated alkanes) is 3. The zero-order chi connectivity index (χ0) is 9.52. The number of carbonyl (C=O) groups is 1. The van der Waals surface area contributed by atoms with Gasteiger partial charge in [-0.3, -0.25) is 0 Å². The summed E-state index contributed by atoms with van der Waals surface area (Å²) >= 11 is 0. The number of hydrogen-bond donors (Lipinski definition) is 1. The molecule has 1 atom stereocenters. The van der Waals surface area contributed by atoms with Crippen molar-refractivity contribution in [2.24, 2.45) is 0 Å². The van der Waals surface area contributed by atoms with Crippen LogP contribution in [0.3, 0.4) is 0 Å². The van der Waals surface area contributed by atoms with E-state index in [1.807, 2.05) is 6.08 Å². The molecule has 3 nitrogen and oxygen atoms in total. The number of carbonyl (C=O) groups excluding carboxylic acids is 1. The second-order valence-corrected chi connectivity index (χ2v) is 3.27. The summed E-state index contributed by atoms with van der Waals surface area (Å²) < 4.78 is 4.74. The number of hydrogen-bond acceptors (Lipinski definition) is 2. The van der Waals surface area contributed by atoms with Crippen LogP contribution < -0.4 is 5.32 Å². The molecule has 1 heterocycles. The first-order valence-electron chi connectivity index (χ1n) is 4.93. The number of rotatable bonds is 5. The molecule has 1 aliphatic rings. The molecule has 0 aliphatic carbocycles. The molecule has 13 heavy (non-hydrogen) atoms. The fraction of sp³-hybridized carbons (Fsp3) is 0.700. The Bertz CT molecular complexity index is 189. The van der Waals surface area contributed by atoms with Gasteiger partial charge in [0, 0.05) is 0 Å². The second kappa shape index (κ2) is 5.62. The third kappa shape index (κ3) is 3.97. The molecule has 1 N–H and O–H groups in total. The van der Waals surface area contributed by atoms with Gasteiger partial charge in [0.05, 0.1) is 6.04 Å². The molecule has 0 saturated carbocycles. The fourth-order valence-corrected chi connectivity index (χ4v) is 1.28. The molecule has 0 aromatic heterocycles. The Labute approximate surface area is 79.2 Å². The van der Waals surface area contributed by atoms with Crippen LogP contribution in [0.5, 0.6) is 0 Å². The maximum atomic E-state index is 10.6. The SMILES string of the molecule is CCCCC/C=C\[C@@H]1COC(=O)N1. The van der Waals surface area contributed by atoms with E-state index in [0.29, 0.717) is 6.61 Å². The quantitative estimate of drug-likeness (QED) is 0.524. The van der Waals surface area contributed by atoms with Crippen LogP contribution in [0, 0.1) is 0 Å². The van der Waals surface area contributed by atoms with Crippen molar-refractivity contribution in [1.82, 2.24) is 5.32 Å². The predicted molar refractivity (Wildman–Crippen MR) is 51.6 cm³/mol. The first-order valence-corrected chi connectivity index (χ1v) is 4.93. The molecule has 1 rings (SSSR count). The molecule has 0 bridgehead atoms. The van der Waals surface area contributed by atoms with Crippen molar-refractivity contribution >= 4 is 6.09 Å². The zero-order valence-corrected chi connectivity index (χ0v) is 8.08. The number of amides is 1. The van der Waals surface area contributed by atoms with Crippen molar-refractivity contribution in [2.75, 3.05) is 6.61 Å². The molecule has 3 heteroatoms. The minimum absolute atomic E-state index is 0.0918. The van der Waals surface area contributed by atoms with Crippen molar-refractivity contribution in [2.45, 2.75) is 38.6 Å². The lowest BCUT2D eigenvalue weighted by Crippen LogP contribution is -2.23. The minimum Gasteiger partial charge on any atom is -0.447 e. The van der Waals surface area contributed by atoms with E-state index in [1.165, 1.54) is 19.3 Å². The Kier molecular flexibility index (Phi) is 4.36. The van der Waals surface area contributed by atoms with E-state index >= 15 is 0 Å². The van der Waals surface area contributed by atoms with Crippen molar-refractivity contribution in [1.29, 1.82) is 0 Å². The van der Waals surface area contributed by atoms with Crippen molar-refractivity contribution in [3.63, 3.8) is 0 Å². The largest absolute Gasteiger partial charge is 0.447 e. The maximum absolute atomic E-state index is 10.6. The first-order chi connectivity index (χ1) is 6.33. The van der Waals surface area contributed by atoms with Crippen LogP contribution in [0.1, 0.15) is 32.6 Å². The van der Waals surface area contributed by atoms with Gasteiger partial charge in [0.2, 0.25) is 0 Å². The highest BCUT2D eigenvalue weighted by Gasteiger charge is 2.18. The Morgan fingerprint density at radius 1 is 1.62 bits per heavy atom. The van der Waals surface area contributed by atoms with E-state index in [4.69, 9.17) is 4.74 Å². The Morgan fingerprint density at radius 3 is 3.08 bits per heavy atom. The standard InChI is InChI=1S/C10H17NO2/c1-2-3-4-5-6-7-9-8-13-10(12)11-9/h6-7,9H,2-5,8H2,1H3,(H,11,12)/b7-6-/t9-/m1/s1. The van der Waals surface area contributed by atoms with Crippen LogP contribution in [0.2, 0.25) is 0 Å². The van der Waals surface area contributed by atoms with Gasteiger partial charge in [-0.15, -0.1) is 0 Å². The average Bonchev–Trinajstić information content (AvgIpc) is 2.51. The number of alkyl carbamates (subject to hydrolysis) is 1. The average molecular weight is 183 g/mol. The van der Waals surface area contributed by atoms with Gasteiger partial charge < -0.3 is 10.1 Å². The molecule has 0 unspecified atom stereocenters. The molecule has 0 radical (unpaired) electrons. The predicted octanol–water partition coefficient (Wildman–Crippen LogP) is 2.23. The molecule has 1 saturated heterocycles. The van der Waals surface area contributed by atoms with Gasteiger partial charge >= 0.3 is 6.09 Å². The Morgan fingerprint density at radius 2 is 2.46 bits per heavy atom. The van der Waals surface area contributed by atoms with Crippen LogP contribution in [0.25, 0.3) is 0 Å². The van der Waals surface area contributed by atoms with Crippen LogP contribution in [0.15, 0.2) is 12.2 Å². The Balaban J connectivity index is 2.06. The molecule has 74 valence electrons. The van der Waals surface area contributed by atoms with Crippen LogP contribution >= 0.6 is 0 Å². The van der Waals surface area contributed by atoms with Crippen LogP contribution in [-0.4, -0.2) is 18.7 Å². The lowest BCUT2D eigenvalue weighted by atomic mass is 10.2. The third-order valence-electron chi connectivity index (χ3n) is 2.04. The molecular weight excluding hydrogens is 166 g/mol. The summed E-state index contributed by atoms with van der Waals surface area (Å²) in [5.41, 5.74) is 0. The van der Waals surface area contributed by atoms with Crippen molar-refractivity contribution in [3.8, 4) is 0 Å². The summed E-state index contributed by atoms with van der Waals surface area (Å²) in [4.78, 5) is 10.6. The van der Waals surface area contributed by atoms with Gasteiger partial charge in [-0.2, -0.15) is 0 Å².